The monoisotopic (exact) mass is 359 g/mol. The van der Waals surface area contributed by atoms with Crippen LogP contribution in [0.25, 0.3) is 22.6 Å². The molecule has 0 aliphatic heterocycles. The molecule has 0 aliphatic rings. The summed E-state index contributed by atoms with van der Waals surface area (Å²) in [5, 5.41) is 0. The third-order valence-corrected chi connectivity index (χ3v) is 4.27. The molecule has 6 heteroatoms. The van der Waals surface area contributed by atoms with E-state index in [0.717, 1.165) is 34.0 Å². The van der Waals surface area contributed by atoms with E-state index in [9.17, 15) is 4.79 Å². The highest BCUT2D eigenvalue weighted by Crippen LogP contribution is 2.25. The van der Waals surface area contributed by atoms with Crippen LogP contribution >= 0.6 is 0 Å². The smallest absolute Gasteiger partial charge is 0.188 e. The quantitative estimate of drug-likeness (QED) is 0.523. The highest BCUT2D eigenvalue weighted by Gasteiger charge is 2.11. The van der Waals surface area contributed by atoms with Gasteiger partial charge in [0, 0.05) is 17.5 Å². The Kier molecular flexibility index (Phi) is 4.53. The second kappa shape index (κ2) is 7.29. The number of benzene rings is 2. The van der Waals surface area contributed by atoms with E-state index in [1.54, 1.807) is 13.3 Å². The molecule has 6 nitrogen and oxygen atoms in total. The Morgan fingerprint density at radius 3 is 2.70 bits per heavy atom. The minimum atomic E-state index is -0.0743. The van der Waals surface area contributed by atoms with E-state index in [4.69, 9.17) is 9.15 Å². The Morgan fingerprint density at radius 2 is 1.96 bits per heavy atom. The number of aromatic nitrogens is 3. The zero-order chi connectivity index (χ0) is 18.6. The molecule has 0 saturated carbocycles. The van der Waals surface area contributed by atoms with E-state index < -0.39 is 0 Å². The Balaban J connectivity index is 1.51. The normalized spacial score (nSPS) is 10.7. The Hall–Kier alpha value is -3.67. The van der Waals surface area contributed by atoms with E-state index in [1.165, 1.54) is 12.7 Å². The first-order chi connectivity index (χ1) is 13.2. The fourth-order valence-corrected chi connectivity index (χ4v) is 2.81. The number of hydrogen-bond donors (Lipinski definition) is 1. The molecular weight excluding hydrogens is 342 g/mol. The Labute approximate surface area is 155 Å². The minimum absolute atomic E-state index is 0.0743. The van der Waals surface area contributed by atoms with Gasteiger partial charge in [0.2, 0.25) is 0 Å². The Bertz CT molecular complexity index is 1050. The summed E-state index contributed by atoms with van der Waals surface area (Å²) in [6.45, 7) is 0. The van der Waals surface area contributed by atoms with E-state index in [0.29, 0.717) is 5.69 Å². The highest BCUT2D eigenvalue weighted by atomic mass is 16.5. The number of nitrogens with zero attached hydrogens (tertiary/aromatic N) is 2. The van der Waals surface area contributed by atoms with E-state index in [2.05, 4.69) is 15.0 Å². The molecule has 2 aromatic carbocycles. The van der Waals surface area contributed by atoms with Crippen molar-refractivity contribution in [1.29, 1.82) is 0 Å². The largest absolute Gasteiger partial charge is 0.497 e. The van der Waals surface area contributed by atoms with Gasteiger partial charge in [0.05, 0.1) is 19.0 Å². The summed E-state index contributed by atoms with van der Waals surface area (Å²) in [4.78, 5) is 23.8. The lowest BCUT2D eigenvalue weighted by molar-refractivity contribution is 0.0988. The maximum atomic E-state index is 12.1. The van der Waals surface area contributed by atoms with Crippen molar-refractivity contribution in [3.05, 3.63) is 78.6 Å². The molecule has 0 aliphatic carbocycles. The van der Waals surface area contributed by atoms with Crippen LogP contribution in [0, 0.1) is 0 Å². The molecule has 0 radical (unpaired) electrons. The fourth-order valence-electron chi connectivity index (χ4n) is 2.81. The number of H-pyrrole nitrogens is 1. The number of carbonyl (C=O) groups is 1. The molecule has 0 bridgehead atoms. The van der Waals surface area contributed by atoms with E-state index in [1.807, 2.05) is 48.5 Å². The first-order valence-corrected chi connectivity index (χ1v) is 8.43. The van der Waals surface area contributed by atoms with Gasteiger partial charge in [-0.15, -0.1) is 0 Å². The standard InChI is InChI=1S/C21H17N3O3/c1-26-17-4-2-3-16(10-17)18-11-22-21(24-18)15-7-5-14(6-8-15)9-20(25)19-12-27-13-23-19/h2-8,10-13H,9H2,1H3,(H,22,24). The predicted molar refractivity (Wildman–Crippen MR) is 101 cm³/mol. The second-order valence-electron chi connectivity index (χ2n) is 6.05. The van der Waals surface area contributed by atoms with Gasteiger partial charge >= 0.3 is 0 Å². The summed E-state index contributed by atoms with van der Waals surface area (Å²) in [6, 6.07) is 15.5. The molecule has 2 aromatic heterocycles. The minimum Gasteiger partial charge on any atom is -0.497 e. The van der Waals surface area contributed by atoms with Crippen LogP contribution in [0.3, 0.4) is 0 Å². The van der Waals surface area contributed by atoms with Crippen LogP contribution in [0.5, 0.6) is 5.75 Å². The van der Waals surface area contributed by atoms with Crippen molar-refractivity contribution in [1.82, 2.24) is 15.0 Å². The highest BCUT2D eigenvalue weighted by molar-refractivity contribution is 5.95. The first-order valence-electron chi connectivity index (χ1n) is 8.43. The van der Waals surface area contributed by atoms with Crippen LogP contribution in [0.15, 0.2) is 71.8 Å². The van der Waals surface area contributed by atoms with Crippen molar-refractivity contribution < 1.29 is 13.9 Å². The summed E-state index contributed by atoms with van der Waals surface area (Å²) in [7, 11) is 1.65. The van der Waals surface area contributed by atoms with Crippen LogP contribution in [-0.4, -0.2) is 27.8 Å². The van der Waals surface area contributed by atoms with Gasteiger partial charge in [-0.1, -0.05) is 36.4 Å². The molecule has 0 saturated heterocycles. The van der Waals surface area contributed by atoms with Gasteiger partial charge in [-0.05, 0) is 17.7 Å². The third kappa shape index (κ3) is 3.64. The number of imidazole rings is 1. The summed E-state index contributed by atoms with van der Waals surface area (Å²) in [5.41, 5.74) is 4.11. The number of ketones is 1. The number of rotatable bonds is 6. The number of ether oxygens (including phenoxy) is 1. The SMILES string of the molecule is COc1cccc(-c2cnc(-c3ccc(CC(=O)c4cocn4)cc3)[nH]2)c1. The lowest BCUT2D eigenvalue weighted by Crippen LogP contribution is -2.03. The van der Waals surface area contributed by atoms with Crippen LogP contribution in [-0.2, 0) is 6.42 Å². The average Bonchev–Trinajstić information content (AvgIpc) is 3.41. The van der Waals surface area contributed by atoms with E-state index in [-0.39, 0.29) is 12.2 Å². The number of Topliss-reactive ketones (excluding diaryl/α,β-unsaturated/α-hetero) is 1. The van der Waals surface area contributed by atoms with Crippen LogP contribution in [0.1, 0.15) is 16.1 Å². The molecule has 0 atom stereocenters. The molecule has 1 N–H and O–H groups in total. The lowest BCUT2D eigenvalue weighted by Gasteiger charge is -2.03. The van der Waals surface area contributed by atoms with Gasteiger partial charge in [0.25, 0.3) is 0 Å². The molecule has 0 amide bonds. The van der Waals surface area contributed by atoms with Crippen molar-refractivity contribution in [3.63, 3.8) is 0 Å². The maximum Gasteiger partial charge on any atom is 0.188 e. The molecule has 4 aromatic rings. The van der Waals surface area contributed by atoms with Crippen molar-refractivity contribution >= 4 is 5.78 Å². The number of methoxy groups -OCH3 is 1. The van der Waals surface area contributed by atoms with Crippen molar-refractivity contribution in [3.8, 4) is 28.4 Å². The van der Waals surface area contributed by atoms with Crippen LogP contribution in [0.4, 0.5) is 0 Å². The lowest BCUT2D eigenvalue weighted by atomic mass is 10.1. The number of carbonyl (C=O) groups excluding carboxylic acids is 1. The van der Waals surface area contributed by atoms with Gasteiger partial charge in [-0.25, -0.2) is 9.97 Å². The predicted octanol–water partition coefficient (Wildman–Crippen LogP) is 4.17. The van der Waals surface area contributed by atoms with Gasteiger partial charge < -0.3 is 14.1 Å². The van der Waals surface area contributed by atoms with E-state index >= 15 is 0 Å². The molecule has 4 rings (SSSR count). The third-order valence-electron chi connectivity index (χ3n) is 4.27. The average molecular weight is 359 g/mol. The molecule has 27 heavy (non-hydrogen) atoms. The van der Waals surface area contributed by atoms with Gasteiger partial charge in [0.15, 0.2) is 12.2 Å². The van der Waals surface area contributed by atoms with Crippen molar-refractivity contribution in [2.75, 3.05) is 7.11 Å². The second-order valence-corrected chi connectivity index (χ2v) is 6.05. The van der Waals surface area contributed by atoms with Gasteiger partial charge in [-0.2, -0.15) is 0 Å². The molecule has 134 valence electrons. The van der Waals surface area contributed by atoms with Gasteiger partial charge in [-0.3, -0.25) is 4.79 Å². The first kappa shape index (κ1) is 16.8. The molecule has 0 unspecified atom stereocenters. The summed E-state index contributed by atoms with van der Waals surface area (Å²) < 4.78 is 10.1. The summed E-state index contributed by atoms with van der Waals surface area (Å²) >= 11 is 0. The molecule has 2 heterocycles. The zero-order valence-corrected chi connectivity index (χ0v) is 14.7. The van der Waals surface area contributed by atoms with Gasteiger partial charge in [0.1, 0.15) is 23.5 Å². The number of oxazole rings is 1. The zero-order valence-electron chi connectivity index (χ0n) is 14.7. The summed E-state index contributed by atoms with van der Waals surface area (Å²) in [5.74, 6) is 1.49. The maximum absolute atomic E-state index is 12.1. The molecule has 0 spiro atoms. The van der Waals surface area contributed by atoms with Crippen LogP contribution < -0.4 is 4.74 Å². The van der Waals surface area contributed by atoms with Crippen LogP contribution in [0.2, 0.25) is 0 Å². The topological polar surface area (TPSA) is 81.0 Å². The number of nitrogens with one attached hydrogen (secondary N) is 1. The summed E-state index contributed by atoms with van der Waals surface area (Å²) in [6.07, 6.45) is 4.69. The Morgan fingerprint density at radius 1 is 1.11 bits per heavy atom. The number of hydrogen-bond acceptors (Lipinski definition) is 5. The number of aromatic amines is 1. The van der Waals surface area contributed by atoms with Crippen molar-refractivity contribution in [2.24, 2.45) is 0 Å². The molecule has 0 fully saturated rings. The van der Waals surface area contributed by atoms with Crippen molar-refractivity contribution in [2.45, 2.75) is 6.42 Å². The fraction of sp³-hybridized carbons (Fsp3) is 0.0952. The molecular formula is C21H17N3O3.